The highest BCUT2D eigenvalue weighted by molar-refractivity contribution is 8.01. The van der Waals surface area contributed by atoms with Crippen LogP contribution in [0, 0.1) is 56.7 Å². The number of carboxylic acids is 2. The zero-order valence-electron chi connectivity index (χ0n) is 52.5. The molecule has 0 aromatic carbocycles. The maximum Gasteiger partial charge on any atom is 0.342 e. The summed E-state index contributed by atoms with van der Waals surface area (Å²) in [4.78, 5) is 104. The minimum absolute atomic E-state index is 0.0184. The fourth-order valence-corrected chi connectivity index (χ4v) is 10.4. The van der Waals surface area contributed by atoms with Gasteiger partial charge >= 0.3 is 29.8 Å². The lowest BCUT2D eigenvalue weighted by molar-refractivity contribution is -0.155. The molecule has 5 N–H and O–H groups in total. The smallest absolute Gasteiger partial charge is 0.342 e. The number of aliphatic carboxylic acids is 2. The average molecular weight is 1150 g/mol. The van der Waals surface area contributed by atoms with Crippen LogP contribution in [0.5, 0.6) is 0 Å². The fourth-order valence-electron chi connectivity index (χ4n) is 8.66. The molecule has 0 saturated carbocycles. The van der Waals surface area contributed by atoms with Crippen LogP contribution in [-0.4, -0.2) is 103 Å². The molecule has 0 fully saturated rings. The molecular formula is C61H100N4O12S2. The van der Waals surface area contributed by atoms with Crippen LogP contribution in [0.3, 0.4) is 0 Å². The summed E-state index contributed by atoms with van der Waals surface area (Å²) in [6, 6.07) is 0. The number of aromatic nitrogens is 1. The third kappa shape index (κ3) is 19.3. The number of carbonyl (C=O) groups excluding carboxylic acids is 5. The van der Waals surface area contributed by atoms with Gasteiger partial charge in [0.05, 0.1) is 28.0 Å². The number of allylic oxidation sites excluding steroid dienone is 1. The summed E-state index contributed by atoms with van der Waals surface area (Å²) in [5, 5.41) is 21.9. The molecule has 2 rings (SSSR count). The number of amides is 2. The van der Waals surface area contributed by atoms with Crippen LogP contribution >= 0.6 is 23.5 Å². The molecule has 79 heavy (non-hydrogen) atoms. The van der Waals surface area contributed by atoms with E-state index in [2.05, 4.69) is 113 Å². The SMILES string of the molecule is CCC(C)(C)C(=O)OCCSC(C)C(=O)Nc1[nH]c(C=C2N=C(NC(=O)C(C)SC(CC(=O)O)C(=O)O)C(C(=O)OC(C(C)C(C)(C)C)C(C)C(C)(C)C)=C2C(C)C)c(C(C)C)c1C(=O)OC(C(C)C(C)(C)C)C(C)C(C)(C)C. The maximum atomic E-state index is 15.2. The molecule has 1 aliphatic heterocycles. The number of nitrogens with one attached hydrogen (secondary N) is 3. The average Bonchev–Trinajstić information content (AvgIpc) is 3.85. The van der Waals surface area contributed by atoms with E-state index in [0.29, 0.717) is 40.8 Å². The number of aliphatic imine (C=N–C) groups is 1. The van der Waals surface area contributed by atoms with E-state index in [1.807, 2.05) is 62.3 Å². The Morgan fingerprint density at radius 2 is 1.10 bits per heavy atom. The maximum absolute atomic E-state index is 15.2. The van der Waals surface area contributed by atoms with E-state index in [0.717, 1.165) is 0 Å². The molecule has 0 saturated heterocycles. The monoisotopic (exact) mass is 1140 g/mol. The molecule has 0 spiro atoms. The second kappa shape index (κ2) is 27.9. The second-order valence-electron chi connectivity index (χ2n) is 27.2. The van der Waals surface area contributed by atoms with Gasteiger partial charge in [-0.1, -0.05) is 145 Å². The third-order valence-corrected chi connectivity index (χ3v) is 18.6. The molecule has 0 radical (unpaired) electrons. The fraction of sp³-hybridized carbons (Fsp3) is 0.738. The zero-order chi connectivity index (χ0) is 61.4. The van der Waals surface area contributed by atoms with Gasteiger partial charge < -0.3 is 40.0 Å². The van der Waals surface area contributed by atoms with Crippen molar-refractivity contribution in [2.75, 3.05) is 17.7 Å². The van der Waals surface area contributed by atoms with Crippen molar-refractivity contribution in [3.8, 4) is 0 Å². The van der Waals surface area contributed by atoms with Gasteiger partial charge in [-0.2, -0.15) is 0 Å². The highest BCUT2D eigenvalue weighted by Crippen LogP contribution is 2.44. The summed E-state index contributed by atoms with van der Waals surface area (Å²) in [7, 11) is 0. The first-order valence-corrected chi connectivity index (χ1v) is 30.0. The Bertz CT molecular complexity index is 2420. The first-order valence-electron chi connectivity index (χ1n) is 28.0. The van der Waals surface area contributed by atoms with Gasteiger partial charge in [0, 0.05) is 11.4 Å². The molecule has 1 aromatic rings. The molecule has 18 heteroatoms. The quantitative estimate of drug-likeness (QED) is 0.0348. The molecule has 2 amide bonds. The zero-order valence-corrected chi connectivity index (χ0v) is 54.1. The molecule has 0 aliphatic carbocycles. The number of ether oxygens (including phenoxy) is 3. The first-order chi connectivity index (χ1) is 35.8. The summed E-state index contributed by atoms with van der Waals surface area (Å²) in [6.07, 6.45) is 0.391. The Morgan fingerprint density at radius 3 is 1.51 bits per heavy atom. The number of carboxylic acid groups (broad SMARTS) is 2. The predicted octanol–water partition coefficient (Wildman–Crippen LogP) is 13.2. The highest BCUT2D eigenvalue weighted by Gasteiger charge is 2.44. The first kappa shape index (κ1) is 70.5. The predicted molar refractivity (Wildman–Crippen MR) is 320 cm³/mol. The van der Waals surface area contributed by atoms with Crippen LogP contribution in [0.15, 0.2) is 21.8 Å². The van der Waals surface area contributed by atoms with Gasteiger partial charge in [0.25, 0.3) is 0 Å². The van der Waals surface area contributed by atoms with E-state index in [-0.39, 0.29) is 92.3 Å². The van der Waals surface area contributed by atoms with Crippen molar-refractivity contribution < 1.29 is 58.0 Å². The van der Waals surface area contributed by atoms with Gasteiger partial charge in [-0.3, -0.25) is 24.0 Å². The standard InChI is InChI=1S/C61H100N4O12S2/c1-26-61(24,25)56(74)75-27-28-78-37(10)51(68)64-49-45(54(72)76-47(33(6)57(12,13)14)34(7)58(15,16)17)43(31(2)3)39(62-49)29-40-44(32(4)5)46(55(73)77-48(35(8)59(18,19)20)36(9)60(21,22)23)50(63-40)65-52(69)38(11)79-41(53(70)71)30-42(66)67/h29,31-38,41,47-48,62H,26-28,30H2,1-25H3,(H,64,68)(H,66,67)(H,70,71)(H,63,65,69). The van der Waals surface area contributed by atoms with Crippen molar-refractivity contribution in [1.82, 2.24) is 10.3 Å². The Kier molecular flexibility index (Phi) is 24.9. The summed E-state index contributed by atoms with van der Waals surface area (Å²) < 4.78 is 18.9. The van der Waals surface area contributed by atoms with E-state index >= 15 is 9.59 Å². The van der Waals surface area contributed by atoms with Crippen molar-refractivity contribution in [1.29, 1.82) is 0 Å². The lowest BCUT2D eigenvalue weighted by atomic mass is 9.69. The molecule has 16 nitrogen and oxygen atoms in total. The molecule has 448 valence electrons. The van der Waals surface area contributed by atoms with Crippen LogP contribution in [0.1, 0.15) is 213 Å². The number of thioether (sulfide) groups is 2. The number of aromatic amines is 1. The van der Waals surface area contributed by atoms with E-state index in [4.69, 9.17) is 19.2 Å². The molecule has 1 aromatic heterocycles. The van der Waals surface area contributed by atoms with Gasteiger partial charge in [-0.25, -0.2) is 14.6 Å². The van der Waals surface area contributed by atoms with Crippen LogP contribution < -0.4 is 10.6 Å². The van der Waals surface area contributed by atoms with Crippen LogP contribution in [0.25, 0.3) is 6.08 Å². The number of H-pyrrole nitrogens is 1. The topological polar surface area (TPSA) is 240 Å². The van der Waals surface area contributed by atoms with Gasteiger partial charge in [-0.15, -0.1) is 23.5 Å². The van der Waals surface area contributed by atoms with Crippen molar-refractivity contribution in [3.63, 3.8) is 0 Å². The molecule has 2 heterocycles. The second-order valence-corrected chi connectivity index (χ2v) is 30.2. The lowest BCUT2D eigenvalue weighted by Crippen LogP contribution is -2.44. The van der Waals surface area contributed by atoms with Gasteiger partial charge in [0.15, 0.2) is 0 Å². The number of hydrogen-bond donors (Lipinski definition) is 5. The van der Waals surface area contributed by atoms with Gasteiger partial charge in [-0.05, 0) is 108 Å². The number of hydrogen-bond acceptors (Lipinski definition) is 13. The summed E-state index contributed by atoms with van der Waals surface area (Å²) in [6.45, 7) is 49.7. The van der Waals surface area contributed by atoms with Crippen molar-refractivity contribution in [2.45, 2.75) is 220 Å². The van der Waals surface area contributed by atoms with Crippen LogP contribution in [0.2, 0.25) is 0 Å². The number of nitrogens with zero attached hydrogens (tertiary/aromatic N) is 1. The van der Waals surface area contributed by atoms with Crippen molar-refractivity contribution >= 4 is 82.9 Å². The number of carbonyl (C=O) groups is 7. The number of amidine groups is 1. The van der Waals surface area contributed by atoms with E-state index < -0.39 is 81.4 Å². The van der Waals surface area contributed by atoms with E-state index in [1.54, 1.807) is 13.0 Å². The lowest BCUT2D eigenvalue weighted by Gasteiger charge is -2.42. The minimum atomic E-state index is -1.45. The largest absolute Gasteiger partial charge is 0.481 e. The van der Waals surface area contributed by atoms with E-state index in [9.17, 15) is 34.2 Å². The molecular weight excluding hydrogens is 1040 g/mol. The Hall–Kier alpha value is -4.58. The summed E-state index contributed by atoms with van der Waals surface area (Å²) in [5.74, 6) is -6.68. The van der Waals surface area contributed by atoms with Crippen molar-refractivity contribution in [3.05, 3.63) is 33.7 Å². The summed E-state index contributed by atoms with van der Waals surface area (Å²) in [5.41, 5.74) is -0.179. The molecule has 7 atom stereocenters. The van der Waals surface area contributed by atoms with Gasteiger partial charge in [0.1, 0.15) is 46.9 Å². The van der Waals surface area contributed by atoms with Crippen LogP contribution in [0.4, 0.5) is 5.82 Å². The normalized spacial score (nSPS) is 17.8. The summed E-state index contributed by atoms with van der Waals surface area (Å²) >= 11 is 1.94. The third-order valence-electron chi connectivity index (χ3n) is 16.2. The number of esters is 3. The minimum Gasteiger partial charge on any atom is -0.481 e. The van der Waals surface area contributed by atoms with Gasteiger partial charge in [0.2, 0.25) is 11.8 Å². The molecule has 7 unspecified atom stereocenters. The van der Waals surface area contributed by atoms with E-state index in [1.165, 1.54) is 18.7 Å². The number of rotatable bonds is 25. The molecule has 0 bridgehead atoms. The molecule has 1 aliphatic rings. The highest BCUT2D eigenvalue weighted by atomic mass is 32.2. The van der Waals surface area contributed by atoms with Crippen LogP contribution in [-0.2, 0) is 43.0 Å². The Morgan fingerprint density at radius 1 is 0.646 bits per heavy atom. The number of anilines is 1. The Labute approximate surface area is 481 Å². The van der Waals surface area contributed by atoms with Crippen molar-refractivity contribution in [2.24, 2.45) is 61.7 Å². The Balaban J connectivity index is 3.13.